The minimum Gasteiger partial charge on any atom is -0.274 e. The Kier molecular flexibility index (Phi) is 5.20. The second-order valence-corrected chi connectivity index (χ2v) is 6.83. The largest absolute Gasteiger partial charge is 0.274 e. The first kappa shape index (κ1) is 17.2. The van der Waals surface area contributed by atoms with Gasteiger partial charge in [-0.1, -0.05) is 20.8 Å². The third-order valence-electron chi connectivity index (χ3n) is 3.33. The van der Waals surface area contributed by atoms with Gasteiger partial charge in [-0.3, -0.25) is 24.6 Å². The Morgan fingerprint density at radius 2 is 1.78 bits per heavy atom. The van der Waals surface area contributed by atoms with Gasteiger partial charge in [0.05, 0.1) is 15.4 Å². The lowest BCUT2D eigenvalue weighted by atomic mass is 10.1. The molecule has 0 spiro atoms. The Balaban J connectivity index is 2.44. The van der Waals surface area contributed by atoms with Crippen LogP contribution in [0.15, 0.2) is 29.2 Å². The minimum atomic E-state index is -0.493. The number of carbonyl (C=O) groups excluding carboxylic acids is 2. The van der Waals surface area contributed by atoms with E-state index in [-0.39, 0.29) is 23.4 Å². The van der Waals surface area contributed by atoms with E-state index >= 15 is 0 Å². The summed E-state index contributed by atoms with van der Waals surface area (Å²) in [5.41, 5.74) is 0.836. The number of benzene rings is 1. The summed E-state index contributed by atoms with van der Waals surface area (Å²) in [6.45, 7) is 6.16. The maximum Gasteiger partial charge on any atom is 0.269 e. The zero-order valence-corrected chi connectivity index (χ0v) is 14.1. The van der Waals surface area contributed by atoms with Crippen LogP contribution in [0.5, 0.6) is 0 Å². The van der Waals surface area contributed by atoms with E-state index < -0.39 is 4.92 Å². The average molecular weight is 334 g/mol. The minimum absolute atomic E-state index is 0.0464. The van der Waals surface area contributed by atoms with Crippen molar-refractivity contribution >= 4 is 34.8 Å². The fourth-order valence-corrected chi connectivity index (χ4v) is 3.24. The number of nitro groups is 1. The van der Waals surface area contributed by atoms with Crippen LogP contribution < -0.4 is 0 Å². The number of amides is 2. The number of non-ortho nitro benzene ring substituents is 1. The summed E-state index contributed by atoms with van der Waals surface area (Å²) in [5, 5.41) is 10.8. The van der Waals surface area contributed by atoms with Crippen molar-refractivity contribution in [1.82, 2.24) is 4.90 Å². The van der Waals surface area contributed by atoms with E-state index in [1.165, 1.54) is 40.9 Å². The van der Waals surface area contributed by atoms with Crippen LogP contribution in [0.3, 0.4) is 0 Å². The molecule has 2 amide bonds. The molecular weight excluding hydrogens is 316 g/mol. The maximum absolute atomic E-state index is 12.7. The molecule has 0 fully saturated rings. The number of thioether (sulfide) groups is 1. The molecule has 1 aliphatic rings. The van der Waals surface area contributed by atoms with E-state index in [4.69, 9.17) is 0 Å². The molecule has 0 N–H and O–H groups in total. The summed E-state index contributed by atoms with van der Waals surface area (Å²) in [5.74, 6) is 0.241. The van der Waals surface area contributed by atoms with Crippen LogP contribution in [0.25, 0.3) is 5.57 Å². The molecule has 1 heterocycles. The molecule has 0 bridgehead atoms. The lowest BCUT2D eigenvalue weighted by molar-refractivity contribution is -0.384. The van der Waals surface area contributed by atoms with Crippen LogP contribution in [0, 0.1) is 16.0 Å². The standard InChI is InChI=1S/C16H18N2O4S/c1-4-23-14-13(11-5-7-12(8-6-11)18(21)22)15(19)17(16(14)20)9-10(2)3/h5-8,10H,4,9H2,1-3H3. The number of nitro benzene ring substituents is 1. The molecule has 0 aliphatic carbocycles. The maximum atomic E-state index is 12.7. The fraction of sp³-hybridized carbons (Fsp3) is 0.375. The molecular formula is C16H18N2O4S. The van der Waals surface area contributed by atoms with Gasteiger partial charge in [0, 0.05) is 18.7 Å². The van der Waals surface area contributed by atoms with E-state index in [0.717, 1.165) is 0 Å². The van der Waals surface area contributed by atoms with Crippen LogP contribution in [0.1, 0.15) is 26.3 Å². The molecule has 2 rings (SSSR count). The van der Waals surface area contributed by atoms with E-state index in [1.807, 2.05) is 20.8 Å². The normalized spacial score (nSPS) is 15.0. The molecule has 1 aliphatic heterocycles. The Bertz CT molecular complexity index is 680. The third-order valence-corrected chi connectivity index (χ3v) is 4.28. The highest BCUT2D eigenvalue weighted by atomic mass is 32.2. The SMILES string of the molecule is CCSC1=C(c2ccc([N+](=O)[O-])cc2)C(=O)N(CC(C)C)C1=O. The fourth-order valence-electron chi connectivity index (χ4n) is 2.37. The molecule has 0 atom stereocenters. The van der Waals surface area contributed by atoms with Crippen molar-refractivity contribution in [2.45, 2.75) is 20.8 Å². The lowest BCUT2D eigenvalue weighted by Crippen LogP contribution is -2.34. The Hall–Kier alpha value is -2.15. The summed E-state index contributed by atoms with van der Waals surface area (Å²) in [7, 11) is 0. The van der Waals surface area contributed by atoms with Crippen LogP contribution in [-0.2, 0) is 9.59 Å². The zero-order chi connectivity index (χ0) is 17.1. The predicted molar refractivity (Wildman–Crippen MR) is 89.7 cm³/mol. The molecule has 0 radical (unpaired) electrons. The number of nitrogens with zero attached hydrogens (tertiary/aromatic N) is 2. The van der Waals surface area contributed by atoms with Gasteiger partial charge in [-0.25, -0.2) is 0 Å². The summed E-state index contributed by atoms with van der Waals surface area (Å²) in [6.07, 6.45) is 0. The van der Waals surface area contributed by atoms with Crippen LogP contribution in [0.4, 0.5) is 5.69 Å². The predicted octanol–water partition coefficient (Wildman–Crippen LogP) is 3.08. The van der Waals surface area contributed by atoms with Gasteiger partial charge >= 0.3 is 0 Å². The van der Waals surface area contributed by atoms with Crippen molar-refractivity contribution in [3.63, 3.8) is 0 Å². The van der Waals surface area contributed by atoms with E-state index in [9.17, 15) is 19.7 Å². The molecule has 23 heavy (non-hydrogen) atoms. The van der Waals surface area contributed by atoms with Crippen molar-refractivity contribution in [2.24, 2.45) is 5.92 Å². The summed E-state index contributed by atoms with van der Waals surface area (Å²) in [4.78, 5) is 37.1. The highest BCUT2D eigenvalue weighted by Gasteiger charge is 2.39. The number of hydrogen-bond donors (Lipinski definition) is 0. The van der Waals surface area contributed by atoms with Crippen molar-refractivity contribution in [3.05, 3.63) is 44.8 Å². The van der Waals surface area contributed by atoms with Gasteiger partial charge in [-0.05, 0) is 29.4 Å². The topological polar surface area (TPSA) is 80.5 Å². The van der Waals surface area contributed by atoms with Gasteiger partial charge in [-0.2, -0.15) is 0 Å². The first-order valence-corrected chi connectivity index (χ1v) is 8.33. The summed E-state index contributed by atoms with van der Waals surface area (Å²) < 4.78 is 0. The third kappa shape index (κ3) is 3.44. The molecule has 7 heteroatoms. The summed E-state index contributed by atoms with van der Waals surface area (Å²) >= 11 is 1.33. The van der Waals surface area contributed by atoms with E-state index in [1.54, 1.807) is 0 Å². The van der Waals surface area contributed by atoms with Crippen LogP contribution in [-0.4, -0.2) is 33.9 Å². The Morgan fingerprint density at radius 3 is 2.26 bits per heavy atom. The molecule has 122 valence electrons. The number of hydrogen-bond acceptors (Lipinski definition) is 5. The molecule has 6 nitrogen and oxygen atoms in total. The number of rotatable bonds is 6. The van der Waals surface area contributed by atoms with Gasteiger partial charge < -0.3 is 0 Å². The van der Waals surface area contributed by atoms with Gasteiger partial charge in [0.15, 0.2) is 0 Å². The van der Waals surface area contributed by atoms with Crippen LogP contribution in [0.2, 0.25) is 0 Å². The first-order valence-electron chi connectivity index (χ1n) is 7.34. The van der Waals surface area contributed by atoms with Crippen molar-refractivity contribution in [1.29, 1.82) is 0 Å². The zero-order valence-electron chi connectivity index (χ0n) is 13.2. The highest BCUT2D eigenvalue weighted by molar-refractivity contribution is 8.04. The second-order valence-electron chi connectivity index (χ2n) is 5.56. The number of carbonyl (C=O) groups is 2. The first-order chi connectivity index (χ1) is 10.9. The van der Waals surface area contributed by atoms with Crippen molar-refractivity contribution < 1.29 is 14.5 Å². The smallest absolute Gasteiger partial charge is 0.269 e. The van der Waals surface area contributed by atoms with Gasteiger partial charge in [-0.15, -0.1) is 11.8 Å². The van der Waals surface area contributed by atoms with Crippen molar-refractivity contribution in [3.8, 4) is 0 Å². The second kappa shape index (κ2) is 6.95. The Morgan fingerprint density at radius 1 is 1.17 bits per heavy atom. The molecule has 0 unspecified atom stereocenters. The lowest BCUT2D eigenvalue weighted by Gasteiger charge is -2.17. The van der Waals surface area contributed by atoms with Crippen molar-refractivity contribution in [2.75, 3.05) is 12.3 Å². The monoisotopic (exact) mass is 334 g/mol. The van der Waals surface area contributed by atoms with Gasteiger partial charge in [0.1, 0.15) is 0 Å². The Labute approximate surface area is 138 Å². The van der Waals surface area contributed by atoms with Gasteiger partial charge in [0.2, 0.25) is 0 Å². The molecule has 0 saturated carbocycles. The van der Waals surface area contributed by atoms with E-state index in [2.05, 4.69) is 0 Å². The summed E-state index contributed by atoms with van der Waals surface area (Å²) in [6, 6.07) is 5.74. The quantitative estimate of drug-likeness (QED) is 0.454. The highest BCUT2D eigenvalue weighted by Crippen LogP contribution is 2.36. The molecule has 1 aromatic rings. The molecule has 0 aromatic heterocycles. The van der Waals surface area contributed by atoms with E-state index in [0.29, 0.717) is 28.3 Å². The van der Waals surface area contributed by atoms with Gasteiger partial charge in [0.25, 0.3) is 17.5 Å². The molecule has 0 saturated heterocycles. The van der Waals surface area contributed by atoms with Crippen LogP contribution >= 0.6 is 11.8 Å². The molecule has 1 aromatic carbocycles. The number of imide groups is 1. The average Bonchev–Trinajstić information content (AvgIpc) is 2.72.